The van der Waals surface area contributed by atoms with E-state index in [2.05, 4.69) is 55.0 Å². The molecule has 1 aromatic carbocycles. The fourth-order valence-electron chi connectivity index (χ4n) is 3.12. The number of anilines is 1. The van der Waals surface area contributed by atoms with Crippen molar-refractivity contribution in [2.45, 2.75) is 46.6 Å². The van der Waals surface area contributed by atoms with E-state index in [0.717, 1.165) is 18.2 Å². The van der Waals surface area contributed by atoms with E-state index in [4.69, 9.17) is 5.73 Å². The van der Waals surface area contributed by atoms with Crippen molar-refractivity contribution in [3.63, 3.8) is 0 Å². The van der Waals surface area contributed by atoms with Crippen molar-refractivity contribution in [2.24, 2.45) is 22.6 Å². The van der Waals surface area contributed by atoms with E-state index in [0.29, 0.717) is 17.9 Å². The molecule has 1 unspecified atom stereocenters. The van der Waals surface area contributed by atoms with E-state index in [1.54, 1.807) is 0 Å². The molecule has 2 rings (SSSR count). The number of halogens is 1. The van der Waals surface area contributed by atoms with Crippen molar-refractivity contribution in [3.8, 4) is 0 Å². The van der Waals surface area contributed by atoms with Crippen LogP contribution in [0.4, 0.5) is 5.69 Å². The van der Waals surface area contributed by atoms with Gasteiger partial charge in [0.25, 0.3) is 0 Å². The van der Waals surface area contributed by atoms with Crippen LogP contribution in [0.2, 0.25) is 0 Å². The average Bonchev–Trinajstić information content (AvgIpc) is 2.51. The summed E-state index contributed by atoms with van der Waals surface area (Å²) in [5.41, 5.74) is 8.30. The summed E-state index contributed by atoms with van der Waals surface area (Å²) in [4.78, 5) is 7.19. The Hall–Kier alpha value is -0.820. The molecule has 0 aromatic heterocycles. The Morgan fingerprint density at radius 1 is 1.25 bits per heavy atom. The first kappa shape index (κ1) is 21.2. The van der Waals surface area contributed by atoms with E-state index < -0.39 is 0 Å². The molecule has 1 aliphatic rings. The van der Waals surface area contributed by atoms with Crippen molar-refractivity contribution in [2.75, 3.05) is 25.0 Å². The predicted molar refractivity (Wildman–Crippen MR) is 115 cm³/mol. The summed E-state index contributed by atoms with van der Waals surface area (Å²) in [6.07, 6.45) is 2.59. The van der Waals surface area contributed by atoms with Gasteiger partial charge in [0.15, 0.2) is 5.96 Å². The van der Waals surface area contributed by atoms with Crippen LogP contribution in [-0.2, 0) is 0 Å². The fourth-order valence-corrected chi connectivity index (χ4v) is 3.12. The second-order valence-electron chi connectivity index (χ2n) is 7.25. The Bertz CT molecular complexity index is 505. The monoisotopic (exact) mass is 444 g/mol. The van der Waals surface area contributed by atoms with E-state index >= 15 is 0 Å². The highest BCUT2D eigenvalue weighted by atomic mass is 127. The quantitative estimate of drug-likeness (QED) is 0.409. The van der Waals surface area contributed by atoms with Crippen LogP contribution in [0.25, 0.3) is 0 Å². The molecular formula is C19H33IN4. The maximum absolute atomic E-state index is 6.06. The molecule has 3 N–H and O–H groups in total. The number of aryl methyl sites for hydroxylation is 1. The van der Waals surface area contributed by atoms with E-state index in [1.807, 2.05) is 12.1 Å². The summed E-state index contributed by atoms with van der Waals surface area (Å²) in [7, 11) is 0. The lowest BCUT2D eigenvalue weighted by atomic mass is 9.94. The largest absolute Gasteiger partial charge is 0.370 e. The number of likely N-dealkylation sites (tertiary alicyclic amines) is 1. The summed E-state index contributed by atoms with van der Waals surface area (Å²) in [6, 6.07) is 8.68. The third-order valence-corrected chi connectivity index (χ3v) is 4.83. The Labute approximate surface area is 164 Å². The standard InChI is InChI=1S/C19H32N4.HI/c1-14(2)18(23-11-9-16(4)10-12-23)13-21-19(20)22-17-7-5-15(3)6-8-17;/h5-8,14,16,18H,9-13H2,1-4H3,(H3,20,21,22);1H. The molecule has 0 spiro atoms. The van der Waals surface area contributed by atoms with Crippen LogP contribution >= 0.6 is 24.0 Å². The average molecular weight is 444 g/mol. The van der Waals surface area contributed by atoms with Crippen LogP contribution in [-0.4, -0.2) is 36.5 Å². The number of nitrogens with two attached hydrogens (primary N) is 1. The second kappa shape index (κ2) is 10.2. The van der Waals surface area contributed by atoms with E-state index in [9.17, 15) is 0 Å². The molecule has 1 fully saturated rings. The lowest BCUT2D eigenvalue weighted by Gasteiger charge is -2.38. The maximum atomic E-state index is 6.06. The number of benzene rings is 1. The van der Waals surface area contributed by atoms with Gasteiger partial charge in [-0.05, 0) is 56.8 Å². The smallest absolute Gasteiger partial charge is 0.193 e. The van der Waals surface area contributed by atoms with Gasteiger partial charge in [0, 0.05) is 11.7 Å². The number of piperidine rings is 1. The van der Waals surface area contributed by atoms with Crippen LogP contribution in [0, 0.1) is 18.8 Å². The van der Waals surface area contributed by atoms with E-state index in [1.165, 1.54) is 31.5 Å². The van der Waals surface area contributed by atoms with Crippen LogP contribution in [0.1, 0.15) is 39.2 Å². The summed E-state index contributed by atoms with van der Waals surface area (Å²) in [5.74, 6) is 1.94. The lowest BCUT2D eigenvalue weighted by molar-refractivity contribution is 0.113. The molecule has 5 heteroatoms. The topological polar surface area (TPSA) is 53.6 Å². The molecule has 1 aliphatic heterocycles. The SMILES string of the molecule is Cc1ccc(NC(N)=NCC(C(C)C)N2CCC(C)CC2)cc1.I. The predicted octanol–water partition coefficient (Wildman–Crippen LogP) is 4.10. The van der Waals surface area contributed by atoms with Crippen molar-refractivity contribution in [1.82, 2.24) is 4.90 Å². The number of nitrogens with zero attached hydrogens (tertiary/aromatic N) is 2. The number of guanidine groups is 1. The van der Waals surface area contributed by atoms with Gasteiger partial charge in [0.05, 0.1) is 6.54 Å². The first-order valence-electron chi connectivity index (χ1n) is 8.83. The number of hydrogen-bond acceptors (Lipinski definition) is 2. The Kier molecular flexibility index (Phi) is 9.05. The highest BCUT2D eigenvalue weighted by Crippen LogP contribution is 2.21. The maximum Gasteiger partial charge on any atom is 0.193 e. The van der Waals surface area contributed by atoms with E-state index in [-0.39, 0.29) is 24.0 Å². The van der Waals surface area contributed by atoms with Gasteiger partial charge in [-0.25, -0.2) is 0 Å². The first-order chi connectivity index (χ1) is 11.0. The molecule has 0 radical (unpaired) electrons. The highest BCUT2D eigenvalue weighted by molar-refractivity contribution is 14.0. The summed E-state index contributed by atoms with van der Waals surface area (Å²) in [5, 5.41) is 3.18. The van der Waals surface area contributed by atoms with Crippen molar-refractivity contribution in [3.05, 3.63) is 29.8 Å². The molecule has 1 saturated heterocycles. The highest BCUT2D eigenvalue weighted by Gasteiger charge is 2.25. The van der Waals surface area contributed by atoms with Gasteiger partial charge >= 0.3 is 0 Å². The van der Waals surface area contributed by atoms with Crippen molar-refractivity contribution >= 4 is 35.6 Å². The van der Waals surface area contributed by atoms with Gasteiger partial charge in [0.1, 0.15) is 0 Å². The van der Waals surface area contributed by atoms with Gasteiger partial charge in [-0.1, -0.05) is 38.5 Å². The first-order valence-corrected chi connectivity index (χ1v) is 8.83. The molecule has 0 aliphatic carbocycles. The third-order valence-electron chi connectivity index (χ3n) is 4.83. The molecule has 1 aromatic rings. The molecule has 1 atom stereocenters. The molecule has 24 heavy (non-hydrogen) atoms. The molecule has 0 amide bonds. The number of hydrogen-bond donors (Lipinski definition) is 2. The third kappa shape index (κ3) is 6.59. The van der Waals surface area contributed by atoms with Crippen LogP contribution in [0.3, 0.4) is 0 Å². The fraction of sp³-hybridized carbons (Fsp3) is 0.632. The van der Waals surface area contributed by atoms with Gasteiger partial charge < -0.3 is 11.1 Å². The van der Waals surface area contributed by atoms with Gasteiger partial charge in [-0.2, -0.15) is 0 Å². The molecule has 4 nitrogen and oxygen atoms in total. The molecular weight excluding hydrogens is 411 g/mol. The normalized spacial score (nSPS) is 18.3. The molecule has 136 valence electrons. The zero-order valence-corrected chi connectivity index (χ0v) is 17.8. The minimum absolute atomic E-state index is 0. The minimum atomic E-state index is 0. The van der Waals surface area contributed by atoms with Crippen molar-refractivity contribution < 1.29 is 0 Å². The zero-order valence-electron chi connectivity index (χ0n) is 15.5. The summed E-state index contributed by atoms with van der Waals surface area (Å²) in [6.45, 7) is 12.1. The Morgan fingerprint density at radius 2 is 1.83 bits per heavy atom. The molecule has 0 bridgehead atoms. The van der Waals surface area contributed by atoms with Gasteiger partial charge in [0.2, 0.25) is 0 Å². The number of rotatable bonds is 5. The Morgan fingerprint density at radius 3 is 2.38 bits per heavy atom. The van der Waals surface area contributed by atoms with Crippen molar-refractivity contribution in [1.29, 1.82) is 0 Å². The van der Waals surface area contributed by atoms with Crippen LogP contribution < -0.4 is 11.1 Å². The summed E-state index contributed by atoms with van der Waals surface area (Å²) < 4.78 is 0. The Balaban J connectivity index is 0.00000288. The molecule has 0 saturated carbocycles. The van der Waals surface area contributed by atoms with Gasteiger partial charge in [-0.15, -0.1) is 24.0 Å². The second-order valence-corrected chi connectivity index (χ2v) is 7.25. The van der Waals surface area contributed by atoms with Crippen LogP contribution in [0.5, 0.6) is 0 Å². The zero-order chi connectivity index (χ0) is 16.8. The van der Waals surface area contributed by atoms with Crippen LogP contribution in [0.15, 0.2) is 29.3 Å². The number of aliphatic imine (C=N–C) groups is 1. The molecule has 1 heterocycles. The van der Waals surface area contributed by atoms with Gasteiger partial charge in [-0.3, -0.25) is 9.89 Å². The minimum Gasteiger partial charge on any atom is -0.370 e. The lowest BCUT2D eigenvalue weighted by Crippen LogP contribution is -2.45. The number of nitrogens with one attached hydrogen (secondary N) is 1. The summed E-state index contributed by atoms with van der Waals surface area (Å²) >= 11 is 0.